The number of likely N-dealkylation sites (N-methyl/N-ethyl adjacent to an activating group) is 1. The fourth-order valence-electron chi connectivity index (χ4n) is 2.42. The van der Waals surface area contributed by atoms with E-state index in [1.807, 2.05) is 14.1 Å². The summed E-state index contributed by atoms with van der Waals surface area (Å²) in [6.45, 7) is 0.872. The van der Waals surface area contributed by atoms with Crippen LogP contribution in [0.1, 0.15) is 15.5 Å². The number of rotatable bonds is 5. The van der Waals surface area contributed by atoms with E-state index in [9.17, 15) is 9.18 Å². The van der Waals surface area contributed by atoms with E-state index < -0.39 is 0 Å². The van der Waals surface area contributed by atoms with E-state index in [2.05, 4.69) is 20.4 Å². The first kappa shape index (κ1) is 16.5. The van der Waals surface area contributed by atoms with Crippen molar-refractivity contribution in [1.29, 1.82) is 0 Å². The minimum atomic E-state index is -0.324. The topological polar surface area (TPSA) is 63.1 Å². The number of aryl methyl sites for hydroxylation is 1. The van der Waals surface area contributed by atoms with Gasteiger partial charge in [-0.15, -0.1) is 10.2 Å². The molecule has 0 atom stereocenters. The lowest BCUT2D eigenvalue weighted by molar-refractivity contribution is 0.101. The van der Waals surface area contributed by atoms with Gasteiger partial charge in [0.1, 0.15) is 16.5 Å². The minimum Gasteiger partial charge on any atom is -0.340 e. The zero-order valence-electron chi connectivity index (χ0n) is 13.7. The first-order chi connectivity index (χ1) is 11.4. The average Bonchev–Trinajstić information content (AvgIpc) is 3.09. The van der Waals surface area contributed by atoms with E-state index in [1.54, 1.807) is 23.7 Å². The third-order valence-corrected chi connectivity index (χ3v) is 4.60. The first-order valence-corrected chi connectivity index (χ1v) is 8.29. The van der Waals surface area contributed by atoms with Crippen LogP contribution in [0.2, 0.25) is 0 Å². The van der Waals surface area contributed by atoms with Gasteiger partial charge in [0.2, 0.25) is 5.13 Å². The van der Waals surface area contributed by atoms with Crippen LogP contribution in [0.15, 0.2) is 24.3 Å². The average molecular weight is 347 g/mol. The highest BCUT2D eigenvalue weighted by molar-refractivity contribution is 7.15. The van der Waals surface area contributed by atoms with Gasteiger partial charge >= 0.3 is 0 Å². The van der Waals surface area contributed by atoms with Crippen LogP contribution in [-0.4, -0.2) is 46.2 Å². The Morgan fingerprint density at radius 3 is 2.88 bits per heavy atom. The summed E-state index contributed by atoms with van der Waals surface area (Å²) in [6, 6.07) is 6.12. The van der Waals surface area contributed by atoms with Crippen LogP contribution in [0.25, 0.3) is 10.9 Å². The molecule has 0 fully saturated rings. The first-order valence-electron chi connectivity index (χ1n) is 7.47. The molecule has 0 radical (unpaired) electrons. The van der Waals surface area contributed by atoms with Crippen LogP contribution in [-0.2, 0) is 13.5 Å². The monoisotopic (exact) mass is 347 g/mol. The Bertz CT molecular complexity index is 886. The third-order valence-electron chi connectivity index (χ3n) is 3.70. The summed E-state index contributed by atoms with van der Waals surface area (Å²) in [5.41, 5.74) is 1.24. The molecule has 0 aliphatic rings. The molecular formula is C16H18FN5OS. The maximum atomic E-state index is 13.3. The Morgan fingerprint density at radius 2 is 2.12 bits per heavy atom. The Hall–Kier alpha value is -2.32. The molecule has 2 heterocycles. The van der Waals surface area contributed by atoms with Crippen molar-refractivity contribution < 1.29 is 9.18 Å². The molecule has 0 saturated heterocycles. The number of hydrogen-bond donors (Lipinski definition) is 1. The SMILES string of the molecule is CN(C)CCc1nnc(NC(=O)c2cc3cc(F)ccc3n2C)s1. The number of nitrogens with one attached hydrogen (secondary N) is 1. The number of anilines is 1. The van der Waals surface area contributed by atoms with Crippen LogP contribution in [0.5, 0.6) is 0 Å². The number of halogens is 1. The number of hydrogen-bond acceptors (Lipinski definition) is 5. The molecule has 1 N–H and O–H groups in total. The zero-order valence-corrected chi connectivity index (χ0v) is 14.5. The molecule has 2 aromatic heterocycles. The number of aromatic nitrogens is 3. The molecule has 0 aliphatic carbocycles. The van der Waals surface area contributed by atoms with Gasteiger partial charge in [0, 0.05) is 30.9 Å². The maximum Gasteiger partial charge on any atom is 0.274 e. The van der Waals surface area contributed by atoms with E-state index in [4.69, 9.17) is 0 Å². The van der Waals surface area contributed by atoms with Gasteiger partial charge in [-0.2, -0.15) is 0 Å². The van der Waals surface area contributed by atoms with Crippen LogP contribution in [0, 0.1) is 5.82 Å². The van der Waals surface area contributed by atoms with Crippen molar-refractivity contribution in [2.45, 2.75) is 6.42 Å². The van der Waals surface area contributed by atoms with Crippen molar-refractivity contribution in [1.82, 2.24) is 19.7 Å². The summed E-state index contributed by atoms with van der Waals surface area (Å²) >= 11 is 1.36. The standard InChI is InChI=1S/C16H18FN5OS/c1-21(2)7-6-14-19-20-16(24-14)18-15(23)13-9-10-8-11(17)4-5-12(10)22(13)3/h4-5,8-9H,6-7H2,1-3H3,(H,18,20,23). The number of benzene rings is 1. The van der Waals surface area contributed by atoms with Gasteiger partial charge in [-0.1, -0.05) is 11.3 Å². The van der Waals surface area contributed by atoms with Gasteiger partial charge in [0.05, 0.1) is 0 Å². The predicted octanol–water partition coefficient (Wildman–Crippen LogP) is 2.53. The highest BCUT2D eigenvalue weighted by atomic mass is 32.1. The molecule has 0 unspecified atom stereocenters. The molecule has 126 valence electrons. The van der Waals surface area contributed by atoms with Gasteiger partial charge in [-0.3, -0.25) is 10.1 Å². The second-order valence-electron chi connectivity index (χ2n) is 5.80. The predicted molar refractivity (Wildman–Crippen MR) is 93.0 cm³/mol. The van der Waals surface area contributed by atoms with Gasteiger partial charge in [-0.25, -0.2) is 4.39 Å². The Morgan fingerprint density at radius 1 is 1.33 bits per heavy atom. The van der Waals surface area contributed by atoms with Crippen molar-refractivity contribution in [3.8, 4) is 0 Å². The second kappa shape index (κ2) is 6.66. The molecule has 8 heteroatoms. The molecule has 3 rings (SSSR count). The largest absolute Gasteiger partial charge is 0.340 e. The van der Waals surface area contributed by atoms with Gasteiger partial charge < -0.3 is 9.47 Å². The summed E-state index contributed by atoms with van der Waals surface area (Å²) in [5, 5.41) is 12.9. The molecule has 0 bridgehead atoms. The van der Waals surface area contributed by atoms with Gasteiger partial charge in [-0.05, 0) is 38.4 Å². The van der Waals surface area contributed by atoms with Gasteiger partial charge in [0.25, 0.3) is 5.91 Å². The molecule has 1 amide bonds. The molecule has 0 saturated carbocycles. The fraction of sp³-hybridized carbons (Fsp3) is 0.312. The van der Waals surface area contributed by atoms with Crippen LogP contribution in [0.3, 0.4) is 0 Å². The lowest BCUT2D eigenvalue weighted by Gasteiger charge is -2.06. The lowest BCUT2D eigenvalue weighted by atomic mass is 10.2. The molecule has 3 aromatic rings. The number of fused-ring (bicyclic) bond motifs is 1. The Balaban J connectivity index is 1.76. The van der Waals surface area contributed by atoms with E-state index >= 15 is 0 Å². The molecule has 0 spiro atoms. The number of amides is 1. The maximum absolute atomic E-state index is 13.3. The number of carbonyl (C=O) groups excluding carboxylic acids is 1. The van der Waals surface area contributed by atoms with Crippen molar-refractivity contribution in [3.63, 3.8) is 0 Å². The smallest absolute Gasteiger partial charge is 0.274 e. The van der Waals surface area contributed by atoms with E-state index in [1.165, 1.54) is 23.5 Å². The lowest BCUT2D eigenvalue weighted by Crippen LogP contribution is -2.15. The van der Waals surface area contributed by atoms with Crippen molar-refractivity contribution in [2.75, 3.05) is 26.0 Å². The zero-order chi connectivity index (χ0) is 17.3. The Labute approximate surface area is 142 Å². The van der Waals surface area contributed by atoms with Crippen molar-refractivity contribution >= 4 is 33.3 Å². The molecular weight excluding hydrogens is 329 g/mol. The van der Waals surface area contributed by atoms with Gasteiger partial charge in [0.15, 0.2) is 0 Å². The summed E-state index contributed by atoms with van der Waals surface area (Å²) in [5.74, 6) is -0.612. The molecule has 0 aliphatic heterocycles. The van der Waals surface area contributed by atoms with E-state index in [0.717, 1.165) is 23.5 Å². The van der Waals surface area contributed by atoms with Crippen LogP contribution in [0.4, 0.5) is 9.52 Å². The quantitative estimate of drug-likeness (QED) is 0.770. The highest BCUT2D eigenvalue weighted by Gasteiger charge is 2.16. The minimum absolute atomic E-state index is 0.288. The normalized spacial score (nSPS) is 11.4. The molecule has 24 heavy (non-hydrogen) atoms. The van der Waals surface area contributed by atoms with Crippen molar-refractivity contribution in [2.24, 2.45) is 7.05 Å². The summed E-state index contributed by atoms with van der Waals surface area (Å²) in [4.78, 5) is 14.5. The second-order valence-corrected chi connectivity index (χ2v) is 6.86. The highest BCUT2D eigenvalue weighted by Crippen LogP contribution is 2.22. The van der Waals surface area contributed by atoms with E-state index in [-0.39, 0.29) is 11.7 Å². The summed E-state index contributed by atoms with van der Waals surface area (Å²) in [6.07, 6.45) is 0.786. The van der Waals surface area contributed by atoms with Crippen molar-refractivity contribution in [3.05, 3.63) is 40.8 Å². The summed E-state index contributed by atoms with van der Waals surface area (Å²) in [7, 11) is 5.76. The summed E-state index contributed by atoms with van der Waals surface area (Å²) < 4.78 is 15.1. The van der Waals surface area contributed by atoms with Crippen LogP contribution >= 0.6 is 11.3 Å². The molecule has 6 nitrogen and oxygen atoms in total. The number of nitrogens with zero attached hydrogens (tertiary/aromatic N) is 4. The Kier molecular flexibility index (Phi) is 4.59. The third kappa shape index (κ3) is 3.44. The fourth-order valence-corrected chi connectivity index (χ4v) is 3.15. The molecule has 1 aromatic carbocycles. The van der Waals surface area contributed by atoms with Crippen LogP contribution < -0.4 is 5.32 Å². The van der Waals surface area contributed by atoms with E-state index in [0.29, 0.717) is 16.2 Å². The number of carbonyl (C=O) groups is 1.